The lowest BCUT2D eigenvalue weighted by atomic mass is 10.1. The van der Waals surface area contributed by atoms with Gasteiger partial charge in [-0.05, 0) is 37.1 Å². The van der Waals surface area contributed by atoms with Crippen LogP contribution in [0.4, 0.5) is 0 Å². The van der Waals surface area contributed by atoms with Crippen molar-refractivity contribution >= 4 is 20.9 Å². The van der Waals surface area contributed by atoms with Crippen LogP contribution in [0.2, 0.25) is 0 Å². The molecule has 0 saturated carbocycles. The van der Waals surface area contributed by atoms with Crippen molar-refractivity contribution in [3.05, 3.63) is 66.1 Å². The second-order valence-corrected chi connectivity index (χ2v) is 8.74. The van der Waals surface area contributed by atoms with Crippen LogP contribution in [0.25, 0.3) is 10.9 Å². The molecule has 0 aliphatic carbocycles. The van der Waals surface area contributed by atoms with Gasteiger partial charge in [0.2, 0.25) is 10.0 Å². The molecule has 3 heterocycles. The van der Waals surface area contributed by atoms with Crippen LogP contribution in [0.1, 0.15) is 17.7 Å². The first-order valence-corrected chi connectivity index (χ1v) is 10.5. The second-order valence-electron chi connectivity index (χ2n) is 6.77. The number of aromatic nitrogens is 2. The number of sulfonamides is 1. The fraction of sp³-hybridized carbons (Fsp3) is 0.300. The first-order chi connectivity index (χ1) is 13.0. The van der Waals surface area contributed by atoms with Crippen LogP contribution < -0.4 is 4.74 Å². The van der Waals surface area contributed by atoms with Crippen molar-refractivity contribution in [3.63, 3.8) is 0 Å². The third-order valence-corrected chi connectivity index (χ3v) is 6.54. The Balaban J connectivity index is 1.47. The van der Waals surface area contributed by atoms with Gasteiger partial charge in [-0.3, -0.25) is 9.97 Å². The SMILES string of the molecule is Cc1ccc(OC2CCN(S(=O)(=O)Cc3cccc4cccnc34)C2)cn1. The molecule has 1 aliphatic heterocycles. The van der Waals surface area contributed by atoms with Gasteiger partial charge in [0.15, 0.2) is 0 Å². The fourth-order valence-corrected chi connectivity index (χ4v) is 4.92. The Labute approximate surface area is 158 Å². The maximum atomic E-state index is 12.9. The average molecular weight is 383 g/mol. The van der Waals surface area contributed by atoms with Crippen molar-refractivity contribution in [2.24, 2.45) is 0 Å². The van der Waals surface area contributed by atoms with Crippen molar-refractivity contribution in [2.75, 3.05) is 13.1 Å². The zero-order chi connectivity index (χ0) is 18.9. The smallest absolute Gasteiger partial charge is 0.218 e. The molecule has 3 aromatic rings. The third-order valence-electron chi connectivity index (χ3n) is 4.74. The van der Waals surface area contributed by atoms with Crippen molar-refractivity contribution in [1.82, 2.24) is 14.3 Å². The van der Waals surface area contributed by atoms with Crippen molar-refractivity contribution in [1.29, 1.82) is 0 Å². The molecule has 1 saturated heterocycles. The number of aryl methyl sites for hydroxylation is 1. The van der Waals surface area contributed by atoms with E-state index in [0.29, 0.717) is 25.3 Å². The number of fused-ring (bicyclic) bond motifs is 1. The number of ether oxygens (including phenoxy) is 1. The predicted octanol–water partition coefficient (Wildman–Crippen LogP) is 2.92. The van der Waals surface area contributed by atoms with Gasteiger partial charge in [0, 0.05) is 23.8 Å². The standard InChI is InChI=1S/C20H21N3O3S/c1-15-7-8-18(12-22-15)26-19-9-11-23(13-19)27(24,25)14-17-5-2-4-16-6-3-10-21-20(16)17/h2-8,10,12,19H,9,11,13-14H2,1H3. The lowest BCUT2D eigenvalue weighted by Gasteiger charge is -2.17. The van der Waals surface area contributed by atoms with Gasteiger partial charge in [-0.2, -0.15) is 4.31 Å². The van der Waals surface area contributed by atoms with Crippen LogP contribution >= 0.6 is 0 Å². The zero-order valence-electron chi connectivity index (χ0n) is 15.1. The molecule has 0 spiro atoms. The summed E-state index contributed by atoms with van der Waals surface area (Å²) >= 11 is 0. The second kappa shape index (κ2) is 7.25. The van der Waals surface area contributed by atoms with Gasteiger partial charge in [0.05, 0.1) is 24.0 Å². The number of hydrogen-bond acceptors (Lipinski definition) is 5. The summed E-state index contributed by atoms with van der Waals surface area (Å²) in [6.07, 6.45) is 3.87. The fourth-order valence-electron chi connectivity index (χ4n) is 3.33. The molecule has 0 radical (unpaired) electrons. The van der Waals surface area contributed by atoms with E-state index in [-0.39, 0.29) is 11.9 Å². The van der Waals surface area contributed by atoms with Gasteiger partial charge in [-0.25, -0.2) is 8.42 Å². The maximum absolute atomic E-state index is 12.9. The highest BCUT2D eigenvalue weighted by Gasteiger charge is 2.33. The summed E-state index contributed by atoms with van der Waals surface area (Å²) in [4.78, 5) is 8.57. The largest absolute Gasteiger partial charge is 0.487 e. The molecule has 1 unspecified atom stereocenters. The van der Waals surface area contributed by atoms with E-state index < -0.39 is 10.0 Å². The van der Waals surface area contributed by atoms with E-state index in [9.17, 15) is 8.42 Å². The first kappa shape index (κ1) is 17.9. The van der Waals surface area contributed by atoms with Gasteiger partial charge in [0.25, 0.3) is 0 Å². The number of hydrogen-bond donors (Lipinski definition) is 0. The molecule has 6 nitrogen and oxygen atoms in total. The topological polar surface area (TPSA) is 72.4 Å². The number of rotatable bonds is 5. The van der Waals surface area contributed by atoms with Gasteiger partial charge in [0.1, 0.15) is 11.9 Å². The molecular weight excluding hydrogens is 362 g/mol. The molecule has 0 bridgehead atoms. The van der Waals surface area contributed by atoms with E-state index >= 15 is 0 Å². The Morgan fingerprint density at radius 1 is 1.15 bits per heavy atom. The highest BCUT2D eigenvalue weighted by Crippen LogP contribution is 2.24. The van der Waals surface area contributed by atoms with E-state index in [1.54, 1.807) is 12.4 Å². The Bertz CT molecular complexity index is 1050. The summed E-state index contributed by atoms with van der Waals surface area (Å²) in [6, 6.07) is 13.2. The minimum absolute atomic E-state index is 0.0554. The number of para-hydroxylation sites is 1. The van der Waals surface area contributed by atoms with Gasteiger partial charge >= 0.3 is 0 Å². The van der Waals surface area contributed by atoms with E-state index in [2.05, 4.69) is 9.97 Å². The van der Waals surface area contributed by atoms with E-state index in [1.807, 2.05) is 49.4 Å². The Hall–Kier alpha value is -2.51. The lowest BCUT2D eigenvalue weighted by Crippen LogP contribution is -2.32. The Kier molecular flexibility index (Phi) is 4.80. The Morgan fingerprint density at radius 2 is 2.00 bits per heavy atom. The Morgan fingerprint density at radius 3 is 2.81 bits per heavy atom. The third kappa shape index (κ3) is 3.94. The van der Waals surface area contributed by atoms with E-state index in [1.165, 1.54) is 4.31 Å². The molecule has 1 atom stereocenters. The molecule has 7 heteroatoms. The molecule has 1 aliphatic rings. The maximum Gasteiger partial charge on any atom is 0.218 e. The summed E-state index contributed by atoms with van der Waals surface area (Å²) in [5.41, 5.74) is 2.38. The van der Waals surface area contributed by atoms with E-state index in [0.717, 1.165) is 22.2 Å². The lowest BCUT2D eigenvalue weighted by molar-refractivity contribution is 0.214. The van der Waals surface area contributed by atoms with Crippen LogP contribution in [0.3, 0.4) is 0 Å². The summed E-state index contributed by atoms with van der Waals surface area (Å²) < 4.78 is 33.2. The molecule has 0 N–H and O–H groups in total. The molecule has 0 amide bonds. The highest BCUT2D eigenvalue weighted by molar-refractivity contribution is 7.88. The van der Waals surface area contributed by atoms with Gasteiger partial charge < -0.3 is 4.74 Å². The minimum Gasteiger partial charge on any atom is -0.487 e. The van der Waals surface area contributed by atoms with Crippen molar-refractivity contribution in [2.45, 2.75) is 25.2 Å². The molecule has 4 rings (SSSR count). The molecule has 27 heavy (non-hydrogen) atoms. The van der Waals surface area contributed by atoms with Crippen LogP contribution in [0, 0.1) is 6.92 Å². The first-order valence-electron chi connectivity index (χ1n) is 8.91. The van der Waals surface area contributed by atoms with Crippen molar-refractivity contribution in [3.8, 4) is 5.75 Å². The zero-order valence-corrected chi connectivity index (χ0v) is 15.9. The van der Waals surface area contributed by atoms with Crippen LogP contribution in [0.15, 0.2) is 54.9 Å². The number of pyridine rings is 2. The predicted molar refractivity (Wildman–Crippen MR) is 104 cm³/mol. The summed E-state index contributed by atoms with van der Waals surface area (Å²) in [7, 11) is -3.44. The summed E-state index contributed by atoms with van der Waals surface area (Å²) in [6.45, 7) is 2.73. The summed E-state index contributed by atoms with van der Waals surface area (Å²) in [5.74, 6) is 0.614. The minimum atomic E-state index is -3.44. The van der Waals surface area contributed by atoms with Crippen LogP contribution in [-0.4, -0.2) is 41.9 Å². The average Bonchev–Trinajstić information content (AvgIpc) is 3.13. The molecule has 1 fully saturated rings. The normalized spacial score (nSPS) is 18.0. The van der Waals surface area contributed by atoms with Gasteiger partial charge in [-0.15, -0.1) is 0 Å². The molecule has 140 valence electrons. The van der Waals surface area contributed by atoms with Crippen LogP contribution in [-0.2, 0) is 15.8 Å². The molecule has 1 aromatic carbocycles. The molecular formula is C20H21N3O3S. The number of nitrogens with zero attached hydrogens (tertiary/aromatic N) is 3. The van der Waals surface area contributed by atoms with Crippen molar-refractivity contribution < 1.29 is 13.2 Å². The molecule has 2 aromatic heterocycles. The monoisotopic (exact) mass is 383 g/mol. The quantitative estimate of drug-likeness (QED) is 0.677. The summed E-state index contributed by atoms with van der Waals surface area (Å²) in [5, 5.41) is 0.944. The highest BCUT2D eigenvalue weighted by atomic mass is 32.2. The number of benzene rings is 1. The van der Waals surface area contributed by atoms with Gasteiger partial charge in [-0.1, -0.05) is 24.3 Å². The van der Waals surface area contributed by atoms with Crippen LogP contribution in [0.5, 0.6) is 5.75 Å². The van der Waals surface area contributed by atoms with E-state index in [4.69, 9.17) is 4.74 Å².